The third kappa shape index (κ3) is 3.31. The average molecular weight is 225 g/mol. The maximum atomic E-state index is 13.3. The van der Waals surface area contributed by atoms with E-state index in [1.54, 1.807) is 18.2 Å². The lowest BCUT2D eigenvalue weighted by atomic mass is 10.0. The Morgan fingerprint density at radius 1 is 1.44 bits per heavy atom. The van der Waals surface area contributed by atoms with Crippen molar-refractivity contribution in [2.45, 2.75) is 26.4 Å². The van der Waals surface area contributed by atoms with Gasteiger partial charge in [0.2, 0.25) is 0 Å². The summed E-state index contributed by atoms with van der Waals surface area (Å²) in [4.78, 5) is 10.9. The van der Waals surface area contributed by atoms with E-state index >= 15 is 0 Å². The van der Waals surface area contributed by atoms with Gasteiger partial charge >= 0.3 is 5.97 Å². The van der Waals surface area contributed by atoms with Gasteiger partial charge in [0.15, 0.2) is 0 Å². The molecular weight excluding hydrogens is 209 g/mol. The number of hydrogen-bond donors (Lipinski definition) is 2. The second kappa shape index (κ2) is 5.61. The second-order valence-corrected chi connectivity index (χ2v) is 4.03. The number of rotatable bonds is 5. The zero-order valence-electron chi connectivity index (χ0n) is 9.40. The monoisotopic (exact) mass is 225 g/mol. The molecule has 0 aliphatic heterocycles. The van der Waals surface area contributed by atoms with Crippen LogP contribution in [0.4, 0.5) is 4.39 Å². The molecule has 0 saturated carbocycles. The molecule has 0 heterocycles. The topological polar surface area (TPSA) is 49.3 Å². The number of carboxylic acid groups (broad SMARTS) is 1. The molecule has 2 N–H and O–H groups in total. The molecule has 1 atom stereocenters. The molecule has 3 nitrogen and oxygen atoms in total. The summed E-state index contributed by atoms with van der Waals surface area (Å²) in [6.45, 7) is 3.85. The van der Waals surface area contributed by atoms with Crippen LogP contribution in [0, 0.1) is 11.7 Å². The number of nitrogens with one attached hydrogen (secondary N) is 1. The van der Waals surface area contributed by atoms with Gasteiger partial charge in [0.25, 0.3) is 0 Å². The van der Waals surface area contributed by atoms with Crippen molar-refractivity contribution in [1.82, 2.24) is 5.32 Å². The van der Waals surface area contributed by atoms with Gasteiger partial charge in [-0.1, -0.05) is 32.0 Å². The largest absolute Gasteiger partial charge is 0.480 e. The van der Waals surface area contributed by atoms with E-state index in [0.717, 1.165) is 0 Å². The highest BCUT2D eigenvalue weighted by molar-refractivity contribution is 5.73. The normalized spacial score (nSPS) is 12.8. The molecule has 1 unspecified atom stereocenters. The van der Waals surface area contributed by atoms with Crippen molar-refractivity contribution in [2.75, 3.05) is 0 Å². The van der Waals surface area contributed by atoms with Crippen LogP contribution in [0.5, 0.6) is 0 Å². The molecule has 1 rings (SSSR count). The van der Waals surface area contributed by atoms with Gasteiger partial charge in [0.1, 0.15) is 11.9 Å². The van der Waals surface area contributed by atoms with Crippen molar-refractivity contribution < 1.29 is 14.3 Å². The van der Waals surface area contributed by atoms with Crippen molar-refractivity contribution in [3.63, 3.8) is 0 Å². The fraction of sp³-hybridized carbons (Fsp3) is 0.417. The first-order valence-corrected chi connectivity index (χ1v) is 5.22. The van der Waals surface area contributed by atoms with Crippen molar-refractivity contribution in [3.05, 3.63) is 35.6 Å². The Balaban J connectivity index is 2.63. The third-order valence-electron chi connectivity index (χ3n) is 2.40. The molecule has 4 heteroatoms. The predicted molar refractivity (Wildman–Crippen MR) is 59.5 cm³/mol. The summed E-state index contributed by atoms with van der Waals surface area (Å²) in [5.41, 5.74) is 0.481. The van der Waals surface area contributed by atoms with Gasteiger partial charge in [0, 0.05) is 12.1 Å². The Bertz CT molecular complexity index is 366. The third-order valence-corrected chi connectivity index (χ3v) is 2.40. The van der Waals surface area contributed by atoms with Gasteiger partial charge in [-0.3, -0.25) is 10.1 Å². The number of hydrogen-bond acceptors (Lipinski definition) is 2. The Morgan fingerprint density at radius 2 is 2.06 bits per heavy atom. The molecule has 1 aromatic carbocycles. The highest BCUT2D eigenvalue weighted by Gasteiger charge is 2.20. The first kappa shape index (κ1) is 12.6. The van der Waals surface area contributed by atoms with Gasteiger partial charge in [-0.2, -0.15) is 0 Å². The molecule has 0 saturated heterocycles. The summed E-state index contributed by atoms with van der Waals surface area (Å²) < 4.78 is 13.3. The minimum absolute atomic E-state index is 0.0377. The number of benzene rings is 1. The Hall–Kier alpha value is -1.42. The smallest absolute Gasteiger partial charge is 0.320 e. The van der Waals surface area contributed by atoms with E-state index in [0.29, 0.717) is 5.56 Å². The lowest BCUT2D eigenvalue weighted by Gasteiger charge is -2.18. The van der Waals surface area contributed by atoms with E-state index < -0.39 is 12.0 Å². The van der Waals surface area contributed by atoms with Crippen LogP contribution in [0.3, 0.4) is 0 Å². The van der Waals surface area contributed by atoms with Crippen LogP contribution in [0.25, 0.3) is 0 Å². The lowest BCUT2D eigenvalue weighted by molar-refractivity contribution is -0.140. The summed E-state index contributed by atoms with van der Waals surface area (Å²) >= 11 is 0. The van der Waals surface area contributed by atoms with E-state index in [-0.39, 0.29) is 18.3 Å². The summed E-state index contributed by atoms with van der Waals surface area (Å²) in [5.74, 6) is -1.27. The van der Waals surface area contributed by atoms with Gasteiger partial charge in [0.05, 0.1) is 0 Å². The maximum Gasteiger partial charge on any atom is 0.320 e. The number of halogens is 1. The van der Waals surface area contributed by atoms with E-state index in [2.05, 4.69) is 5.32 Å². The van der Waals surface area contributed by atoms with Crippen molar-refractivity contribution in [3.8, 4) is 0 Å². The molecule has 88 valence electrons. The summed E-state index contributed by atoms with van der Waals surface area (Å²) in [7, 11) is 0. The molecule has 0 aromatic heterocycles. The van der Waals surface area contributed by atoms with Gasteiger partial charge in [-0.15, -0.1) is 0 Å². The van der Waals surface area contributed by atoms with E-state index in [9.17, 15) is 9.18 Å². The highest BCUT2D eigenvalue weighted by Crippen LogP contribution is 2.08. The maximum absolute atomic E-state index is 13.3. The van der Waals surface area contributed by atoms with Crippen LogP contribution in [0.15, 0.2) is 24.3 Å². The van der Waals surface area contributed by atoms with Crippen LogP contribution in [-0.4, -0.2) is 17.1 Å². The molecule has 0 spiro atoms. The SMILES string of the molecule is CC(C)C(NCc1ccccc1F)C(=O)O. The van der Waals surface area contributed by atoms with E-state index in [1.807, 2.05) is 13.8 Å². The highest BCUT2D eigenvalue weighted by atomic mass is 19.1. The predicted octanol–water partition coefficient (Wildman–Crippen LogP) is 2.02. The van der Waals surface area contributed by atoms with E-state index in [4.69, 9.17) is 5.11 Å². The fourth-order valence-corrected chi connectivity index (χ4v) is 1.47. The molecular formula is C12H16FNO2. The zero-order chi connectivity index (χ0) is 12.1. The second-order valence-electron chi connectivity index (χ2n) is 4.03. The fourth-order valence-electron chi connectivity index (χ4n) is 1.47. The molecule has 0 radical (unpaired) electrons. The average Bonchev–Trinajstić information content (AvgIpc) is 2.20. The van der Waals surface area contributed by atoms with Crippen LogP contribution in [0.1, 0.15) is 19.4 Å². The number of aliphatic carboxylic acids is 1. The van der Waals surface area contributed by atoms with Crippen molar-refractivity contribution in [2.24, 2.45) is 5.92 Å². The van der Waals surface area contributed by atoms with Crippen LogP contribution < -0.4 is 5.32 Å². The molecule has 0 aliphatic rings. The van der Waals surface area contributed by atoms with Crippen LogP contribution >= 0.6 is 0 Å². The zero-order valence-corrected chi connectivity index (χ0v) is 9.40. The Kier molecular flexibility index (Phi) is 4.43. The lowest BCUT2D eigenvalue weighted by Crippen LogP contribution is -2.40. The molecule has 1 aromatic rings. The van der Waals surface area contributed by atoms with E-state index in [1.165, 1.54) is 6.07 Å². The molecule has 0 amide bonds. The minimum atomic E-state index is -0.911. The standard InChI is InChI=1S/C12H16FNO2/c1-8(2)11(12(15)16)14-7-9-5-3-4-6-10(9)13/h3-6,8,11,14H,7H2,1-2H3,(H,15,16). The first-order chi connectivity index (χ1) is 7.52. The quantitative estimate of drug-likeness (QED) is 0.806. The van der Waals surface area contributed by atoms with Crippen LogP contribution in [0.2, 0.25) is 0 Å². The molecule has 0 fully saturated rings. The van der Waals surface area contributed by atoms with Gasteiger partial charge in [-0.25, -0.2) is 4.39 Å². The summed E-state index contributed by atoms with van der Waals surface area (Å²) in [5, 5.41) is 11.8. The van der Waals surface area contributed by atoms with Gasteiger partial charge in [-0.05, 0) is 12.0 Å². The van der Waals surface area contributed by atoms with Gasteiger partial charge < -0.3 is 5.11 Å². The Morgan fingerprint density at radius 3 is 2.56 bits per heavy atom. The van der Waals surface area contributed by atoms with Crippen molar-refractivity contribution in [1.29, 1.82) is 0 Å². The number of carboxylic acids is 1. The first-order valence-electron chi connectivity index (χ1n) is 5.22. The van der Waals surface area contributed by atoms with Crippen molar-refractivity contribution >= 4 is 5.97 Å². The van der Waals surface area contributed by atoms with Crippen LogP contribution in [-0.2, 0) is 11.3 Å². The summed E-state index contributed by atoms with van der Waals surface area (Å²) in [6.07, 6.45) is 0. The molecule has 16 heavy (non-hydrogen) atoms. The molecule has 0 aliphatic carbocycles. The Labute approximate surface area is 94.3 Å². The minimum Gasteiger partial charge on any atom is -0.480 e. The number of carbonyl (C=O) groups is 1. The summed E-state index contributed by atoms with van der Waals surface area (Å²) in [6, 6.07) is 5.69. The molecule has 0 bridgehead atoms.